The van der Waals surface area contributed by atoms with Crippen LogP contribution in [0.5, 0.6) is 17.2 Å². The molecule has 2 aliphatic heterocycles. The average Bonchev–Trinajstić information content (AvgIpc) is 3.46. The van der Waals surface area contributed by atoms with Gasteiger partial charge in [0.05, 0.1) is 18.4 Å². The van der Waals surface area contributed by atoms with Crippen molar-refractivity contribution in [2.24, 2.45) is 0 Å². The minimum atomic E-state index is 0.126. The SMILES string of the molecule is COc1cccc2sc(N(C)CC(=O)N3CCN(Cc4ccc5c(c4)OCO5)CC3)nc12. The molecule has 0 unspecified atom stereocenters. The molecule has 8 nitrogen and oxygen atoms in total. The summed E-state index contributed by atoms with van der Waals surface area (Å²) in [4.78, 5) is 23.8. The number of amides is 1. The van der Waals surface area contributed by atoms with Gasteiger partial charge in [-0.3, -0.25) is 9.69 Å². The van der Waals surface area contributed by atoms with E-state index in [1.54, 1.807) is 18.4 Å². The van der Waals surface area contributed by atoms with E-state index >= 15 is 0 Å². The van der Waals surface area contributed by atoms with Crippen LogP contribution in [0.1, 0.15) is 5.56 Å². The number of hydrogen-bond acceptors (Lipinski definition) is 8. The first-order chi connectivity index (χ1) is 15.6. The van der Waals surface area contributed by atoms with E-state index in [9.17, 15) is 4.79 Å². The molecule has 0 N–H and O–H groups in total. The molecule has 32 heavy (non-hydrogen) atoms. The van der Waals surface area contributed by atoms with Gasteiger partial charge in [0.1, 0.15) is 11.3 Å². The van der Waals surface area contributed by atoms with Gasteiger partial charge in [0, 0.05) is 39.8 Å². The number of aromatic nitrogens is 1. The summed E-state index contributed by atoms with van der Waals surface area (Å²) < 4.78 is 17.3. The van der Waals surface area contributed by atoms with E-state index in [2.05, 4.69) is 16.0 Å². The van der Waals surface area contributed by atoms with Gasteiger partial charge in [-0.1, -0.05) is 23.5 Å². The lowest BCUT2D eigenvalue weighted by Gasteiger charge is -2.35. The van der Waals surface area contributed by atoms with Crippen molar-refractivity contribution in [3.63, 3.8) is 0 Å². The van der Waals surface area contributed by atoms with Crippen molar-refractivity contribution >= 4 is 32.6 Å². The Hall–Kier alpha value is -3.04. The van der Waals surface area contributed by atoms with Crippen LogP contribution < -0.4 is 19.1 Å². The molecule has 3 aromatic rings. The van der Waals surface area contributed by atoms with Gasteiger partial charge in [0.15, 0.2) is 16.6 Å². The molecule has 0 radical (unpaired) electrons. The third-order valence-corrected chi connectivity index (χ3v) is 6.99. The highest BCUT2D eigenvalue weighted by atomic mass is 32.1. The van der Waals surface area contributed by atoms with E-state index in [0.717, 1.165) is 65.3 Å². The summed E-state index contributed by atoms with van der Waals surface area (Å²) in [6, 6.07) is 12.0. The maximum Gasteiger partial charge on any atom is 0.242 e. The summed E-state index contributed by atoms with van der Waals surface area (Å²) in [7, 11) is 3.56. The molecule has 1 saturated heterocycles. The lowest BCUT2D eigenvalue weighted by Crippen LogP contribution is -2.50. The van der Waals surface area contributed by atoms with Crippen LogP contribution in [-0.2, 0) is 11.3 Å². The largest absolute Gasteiger partial charge is 0.494 e. The second kappa shape index (κ2) is 8.84. The molecular weight excluding hydrogens is 428 g/mol. The van der Waals surface area contributed by atoms with Crippen LogP contribution in [0.2, 0.25) is 0 Å². The highest BCUT2D eigenvalue weighted by Gasteiger charge is 2.24. The second-order valence-corrected chi connectivity index (χ2v) is 9.01. The molecule has 2 aliphatic rings. The molecule has 2 aromatic carbocycles. The predicted octanol–water partition coefficient (Wildman–Crippen LogP) is 2.81. The van der Waals surface area contributed by atoms with Crippen molar-refractivity contribution in [1.29, 1.82) is 0 Å². The van der Waals surface area contributed by atoms with Gasteiger partial charge in [-0.25, -0.2) is 4.98 Å². The zero-order valence-electron chi connectivity index (χ0n) is 18.2. The van der Waals surface area contributed by atoms with Gasteiger partial charge < -0.3 is 24.0 Å². The summed E-state index contributed by atoms with van der Waals surface area (Å²) in [6.07, 6.45) is 0. The van der Waals surface area contributed by atoms with Gasteiger partial charge in [0.2, 0.25) is 12.7 Å². The Labute approximate surface area is 190 Å². The van der Waals surface area contributed by atoms with Crippen molar-refractivity contribution in [3.05, 3.63) is 42.0 Å². The van der Waals surface area contributed by atoms with Crippen molar-refractivity contribution in [3.8, 4) is 17.2 Å². The maximum atomic E-state index is 12.9. The molecule has 0 atom stereocenters. The molecule has 0 aliphatic carbocycles. The molecule has 0 spiro atoms. The van der Waals surface area contributed by atoms with Crippen LogP contribution >= 0.6 is 11.3 Å². The number of carbonyl (C=O) groups is 1. The topological polar surface area (TPSA) is 67.4 Å². The number of thiazole rings is 1. The number of ether oxygens (including phenoxy) is 3. The fourth-order valence-corrected chi connectivity index (χ4v) is 5.01. The number of methoxy groups -OCH3 is 1. The molecule has 1 amide bonds. The Balaban J connectivity index is 1.15. The van der Waals surface area contributed by atoms with E-state index in [4.69, 9.17) is 14.2 Å². The lowest BCUT2D eigenvalue weighted by molar-refractivity contribution is -0.131. The number of hydrogen-bond donors (Lipinski definition) is 0. The standard InChI is InChI=1S/C23H26N4O4S/c1-25(23-24-22-18(29-2)4-3-5-20(22)32-23)14-21(28)27-10-8-26(9-11-27)13-16-6-7-17-19(12-16)31-15-30-17/h3-7,12H,8-11,13-15H2,1-2H3. The Morgan fingerprint density at radius 3 is 2.78 bits per heavy atom. The Morgan fingerprint density at radius 1 is 1.16 bits per heavy atom. The number of para-hydroxylation sites is 1. The fraction of sp³-hybridized carbons (Fsp3) is 0.391. The minimum Gasteiger partial charge on any atom is -0.494 e. The zero-order chi connectivity index (χ0) is 22.1. The quantitative estimate of drug-likeness (QED) is 0.567. The van der Waals surface area contributed by atoms with E-state index in [1.807, 2.05) is 47.2 Å². The average molecular weight is 455 g/mol. The number of benzene rings is 2. The highest BCUT2D eigenvalue weighted by Crippen LogP contribution is 2.34. The molecule has 1 aromatic heterocycles. The first-order valence-electron chi connectivity index (χ1n) is 10.6. The molecule has 3 heterocycles. The van der Waals surface area contributed by atoms with Crippen molar-refractivity contribution < 1.29 is 19.0 Å². The van der Waals surface area contributed by atoms with Crippen LogP contribution in [0, 0.1) is 0 Å². The third kappa shape index (κ3) is 4.18. The van der Waals surface area contributed by atoms with Crippen molar-refractivity contribution in [2.45, 2.75) is 6.54 Å². The van der Waals surface area contributed by atoms with Crippen LogP contribution in [0.3, 0.4) is 0 Å². The monoisotopic (exact) mass is 454 g/mol. The summed E-state index contributed by atoms with van der Waals surface area (Å²) in [6.45, 7) is 4.59. The van der Waals surface area contributed by atoms with E-state index in [0.29, 0.717) is 13.3 Å². The first-order valence-corrected chi connectivity index (χ1v) is 11.5. The van der Waals surface area contributed by atoms with Gasteiger partial charge >= 0.3 is 0 Å². The number of piperazine rings is 1. The molecule has 5 rings (SSSR count). The highest BCUT2D eigenvalue weighted by molar-refractivity contribution is 7.22. The predicted molar refractivity (Wildman–Crippen MR) is 124 cm³/mol. The number of likely N-dealkylation sites (N-methyl/N-ethyl adjacent to an activating group) is 1. The molecule has 0 saturated carbocycles. The number of carbonyl (C=O) groups excluding carboxylic acids is 1. The van der Waals surface area contributed by atoms with Gasteiger partial charge in [-0.05, 0) is 29.8 Å². The Kier molecular flexibility index (Phi) is 5.75. The maximum absolute atomic E-state index is 12.9. The van der Waals surface area contributed by atoms with E-state index < -0.39 is 0 Å². The van der Waals surface area contributed by atoms with Crippen LogP contribution in [0.15, 0.2) is 36.4 Å². The third-order valence-electron chi connectivity index (χ3n) is 5.86. The van der Waals surface area contributed by atoms with E-state index in [1.165, 1.54) is 5.56 Å². The molecule has 1 fully saturated rings. The number of anilines is 1. The second-order valence-electron chi connectivity index (χ2n) is 8.00. The lowest BCUT2D eigenvalue weighted by atomic mass is 10.1. The van der Waals surface area contributed by atoms with Gasteiger partial charge in [0.25, 0.3) is 0 Å². The minimum absolute atomic E-state index is 0.126. The first kappa shape index (κ1) is 20.8. The molecule has 0 bridgehead atoms. The van der Waals surface area contributed by atoms with Crippen LogP contribution in [-0.4, -0.2) is 74.4 Å². The molecule has 9 heteroatoms. The van der Waals surface area contributed by atoms with E-state index in [-0.39, 0.29) is 5.91 Å². The summed E-state index contributed by atoms with van der Waals surface area (Å²) in [5.74, 6) is 2.50. The molecule has 168 valence electrons. The number of nitrogens with zero attached hydrogens (tertiary/aromatic N) is 4. The summed E-state index contributed by atoms with van der Waals surface area (Å²) >= 11 is 1.57. The Morgan fingerprint density at radius 2 is 1.97 bits per heavy atom. The Bertz CT molecular complexity index is 1130. The zero-order valence-corrected chi connectivity index (χ0v) is 19.1. The van der Waals surface area contributed by atoms with Crippen molar-refractivity contribution in [1.82, 2.24) is 14.8 Å². The van der Waals surface area contributed by atoms with Crippen LogP contribution in [0.25, 0.3) is 10.2 Å². The summed E-state index contributed by atoms with van der Waals surface area (Å²) in [5.41, 5.74) is 2.03. The van der Waals surface area contributed by atoms with Crippen LogP contribution in [0.4, 0.5) is 5.13 Å². The smallest absolute Gasteiger partial charge is 0.242 e. The summed E-state index contributed by atoms with van der Waals surface area (Å²) in [5, 5.41) is 0.819. The fourth-order valence-electron chi connectivity index (χ4n) is 4.06. The normalized spacial score (nSPS) is 15.9. The van der Waals surface area contributed by atoms with Gasteiger partial charge in [-0.2, -0.15) is 0 Å². The van der Waals surface area contributed by atoms with Crippen molar-refractivity contribution in [2.75, 3.05) is 58.6 Å². The number of rotatable bonds is 6. The molecular formula is C23H26N4O4S. The number of fused-ring (bicyclic) bond motifs is 2. The van der Waals surface area contributed by atoms with Gasteiger partial charge in [-0.15, -0.1) is 0 Å².